The zero-order valence-corrected chi connectivity index (χ0v) is 9.23. The van der Waals surface area contributed by atoms with E-state index in [1.54, 1.807) is 0 Å². The molecule has 2 rings (SSSR count). The van der Waals surface area contributed by atoms with E-state index in [0.717, 1.165) is 12.0 Å². The van der Waals surface area contributed by atoms with Crippen molar-refractivity contribution in [3.8, 4) is 0 Å². The van der Waals surface area contributed by atoms with Crippen molar-refractivity contribution in [1.29, 1.82) is 0 Å². The first-order valence-corrected chi connectivity index (χ1v) is 6.41. The van der Waals surface area contributed by atoms with Crippen molar-refractivity contribution in [1.82, 2.24) is 10.6 Å². The molecule has 0 spiro atoms. The first-order valence-electron chi connectivity index (χ1n) is 6.41. The van der Waals surface area contributed by atoms with Gasteiger partial charge in [0, 0.05) is 6.04 Å². The molecule has 0 radical (unpaired) electrons. The van der Waals surface area contributed by atoms with E-state index >= 15 is 0 Å². The van der Waals surface area contributed by atoms with Crippen molar-refractivity contribution >= 4 is 0 Å². The highest BCUT2D eigenvalue weighted by Gasteiger charge is 2.22. The van der Waals surface area contributed by atoms with Gasteiger partial charge in [-0.05, 0) is 57.7 Å². The summed E-state index contributed by atoms with van der Waals surface area (Å²) in [5.74, 6) is 0.947. The van der Waals surface area contributed by atoms with Gasteiger partial charge in [0.25, 0.3) is 0 Å². The van der Waals surface area contributed by atoms with Gasteiger partial charge >= 0.3 is 0 Å². The fraction of sp³-hybridized carbons (Fsp3) is 1.00. The first-order chi connectivity index (χ1) is 6.97. The first kappa shape index (κ1) is 10.4. The molecule has 2 fully saturated rings. The largest absolute Gasteiger partial charge is 0.317 e. The van der Waals surface area contributed by atoms with Crippen LogP contribution in [0.4, 0.5) is 0 Å². The van der Waals surface area contributed by atoms with Crippen molar-refractivity contribution in [3.63, 3.8) is 0 Å². The number of rotatable bonds is 1. The lowest BCUT2D eigenvalue weighted by Gasteiger charge is -2.25. The van der Waals surface area contributed by atoms with Crippen molar-refractivity contribution in [2.75, 3.05) is 19.6 Å². The van der Waals surface area contributed by atoms with E-state index in [-0.39, 0.29) is 0 Å². The summed E-state index contributed by atoms with van der Waals surface area (Å²) in [6.07, 6.45) is 9.90. The second kappa shape index (κ2) is 5.72. The second-order valence-corrected chi connectivity index (χ2v) is 4.85. The Bertz CT molecular complexity index is 124. The van der Waals surface area contributed by atoms with Crippen LogP contribution in [0.3, 0.4) is 0 Å². The van der Waals surface area contributed by atoms with Crippen LogP contribution >= 0.6 is 0 Å². The summed E-state index contributed by atoms with van der Waals surface area (Å²) in [5, 5.41) is 7.26. The maximum absolute atomic E-state index is 3.75. The number of nitrogens with one attached hydrogen (secondary N) is 2. The lowest BCUT2D eigenvalue weighted by molar-refractivity contribution is 0.320. The lowest BCUT2D eigenvalue weighted by atomic mass is 9.89. The van der Waals surface area contributed by atoms with Gasteiger partial charge in [-0.1, -0.05) is 12.8 Å². The Morgan fingerprint density at radius 3 is 2.71 bits per heavy atom. The van der Waals surface area contributed by atoms with E-state index in [9.17, 15) is 0 Å². The van der Waals surface area contributed by atoms with Crippen LogP contribution in [0.25, 0.3) is 0 Å². The summed E-state index contributed by atoms with van der Waals surface area (Å²) in [6.45, 7) is 3.74. The van der Waals surface area contributed by atoms with Gasteiger partial charge in [0.15, 0.2) is 0 Å². The Hall–Kier alpha value is -0.0800. The van der Waals surface area contributed by atoms with Crippen LogP contribution in [-0.4, -0.2) is 25.7 Å². The highest BCUT2D eigenvalue weighted by atomic mass is 14.9. The summed E-state index contributed by atoms with van der Waals surface area (Å²) in [6, 6.07) is 0.831. The molecular weight excluding hydrogens is 172 g/mol. The molecule has 2 heterocycles. The minimum absolute atomic E-state index is 0.831. The molecule has 2 unspecified atom stereocenters. The van der Waals surface area contributed by atoms with Gasteiger partial charge in [0.05, 0.1) is 0 Å². The maximum Gasteiger partial charge on any atom is 0.00958 e. The van der Waals surface area contributed by atoms with E-state index < -0.39 is 0 Å². The Morgan fingerprint density at radius 1 is 0.714 bits per heavy atom. The normalized spacial score (nSPS) is 36.0. The Morgan fingerprint density at radius 2 is 1.71 bits per heavy atom. The molecule has 0 aromatic heterocycles. The van der Waals surface area contributed by atoms with Gasteiger partial charge in [0.2, 0.25) is 0 Å². The number of hydrogen-bond donors (Lipinski definition) is 2. The van der Waals surface area contributed by atoms with Crippen LogP contribution in [0.2, 0.25) is 0 Å². The molecule has 82 valence electrons. The fourth-order valence-corrected chi connectivity index (χ4v) is 2.91. The summed E-state index contributed by atoms with van der Waals surface area (Å²) in [5.41, 5.74) is 0. The lowest BCUT2D eigenvalue weighted by Crippen LogP contribution is -2.36. The van der Waals surface area contributed by atoms with Crippen LogP contribution < -0.4 is 10.6 Å². The predicted octanol–water partition coefficient (Wildman–Crippen LogP) is 1.91. The van der Waals surface area contributed by atoms with Crippen LogP contribution in [-0.2, 0) is 0 Å². The molecule has 0 aromatic rings. The van der Waals surface area contributed by atoms with Gasteiger partial charge in [0.1, 0.15) is 0 Å². The minimum atomic E-state index is 0.831. The molecule has 0 amide bonds. The SMILES string of the molecule is C1CCNC(C2CCCNCC2)CC1. The van der Waals surface area contributed by atoms with E-state index in [0.29, 0.717) is 0 Å². The van der Waals surface area contributed by atoms with Crippen LogP contribution in [0, 0.1) is 5.92 Å². The van der Waals surface area contributed by atoms with E-state index in [1.807, 2.05) is 0 Å². The van der Waals surface area contributed by atoms with Crippen molar-refractivity contribution in [3.05, 3.63) is 0 Å². The third-order valence-corrected chi connectivity index (χ3v) is 3.79. The summed E-state index contributed by atoms with van der Waals surface area (Å²) >= 11 is 0. The van der Waals surface area contributed by atoms with Gasteiger partial charge in [-0.2, -0.15) is 0 Å². The zero-order valence-electron chi connectivity index (χ0n) is 9.23. The third kappa shape index (κ3) is 2.96. The summed E-state index contributed by atoms with van der Waals surface area (Å²) in [7, 11) is 0. The highest BCUT2D eigenvalue weighted by molar-refractivity contribution is 4.81. The average molecular weight is 196 g/mol. The molecule has 14 heavy (non-hydrogen) atoms. The molecule has 2 heteroatoms. The summed E-state index contributed by atoms with van der Waals surface area (Å²) in [4.78, 5) is 0. The zero-order chi connectivity index (χ0) is 9.64. The standard InChI is InChI=1S/C12H24N2/c1-2-6-12(14-9-3-1)11-5-4-8-13-10-7-11/h11-14H,1-10H2. The Kier molecular flexibility index (Phi) is 4.26. The Balaban J connectivity index is 1.83. The van der Waals surface area contributed by atoms with E-state index in [2.05, 4.69) is 10.6 Å². The Labute approximate surface area is 87.8 Å². The van der Waals surface area contributed by atoms with Crippen LogP contribution in [0.1, 0.15) is 44.9 Å². The predicted molar refractivity (Wildman–Crippen MR) is 60.5 cm³/mol. The average Bonchev–Trinajstić information content (AvgIpc) is 2.62. The molecule has 0 saturated carbocycles. The van der Waals surface area contributed by atoms with Gasteiger partial charge in [-0.15, -0.1) is 0 Å². The molecule has 2 N–H and O–H groups in total. The van der Waals surface area contributed by atoms with Gasteiger partial charge in [-0.3, -0.25) is 0 Å². The smallest absolute Gasteiger partial charge is 0.00958 e. The quantitative estimate of drug-likeness (QED) is 0.669. The van der Waals surface area contributed by atoms with Crippen LogP contribution in [0.15, 0.2) is 0 Å². The molecule has 0 bridgehead atoms. The molecule has 2 aliphatic heterocycles. The highest BCUT2D eigenvalue weighted by Crippen LogP contribution is 2.23. The molecule has 0 aliphatic carbocycles. The van der Waals surface area contributed by atoms with Gasteiger partial charge in [-0.25, -0.2) is 0 Å². The van der Waals surface area contributed by atoms with Crippen molar-refractivity contribution < 1.29 is 0 Å². The fourth-order valence-electron chi connectivity index (χ4n) is 2.91. The maximum atomic E-state index is 3.75. The summed E-state index contributed by atoms with van der Waals surface area (Å²) < 4.78 is 0. The third-order valence-electron chi connectivity index (χ3n) is 3.79. The molecule has 2 atom stereocenters. The molecule has 2 aliphatic rings. The van der Waals surface area contributed by atoms with E-state index in [1.165, 1.54) is 64.6 Å². The monoisotopic (exact) mass is 196 g/mol. The second-order valence-electron chi connectivity index (χ2n) is 4.85. The van der Waals surface area contributed by atoms with Crippen molar-refractivity contribution in [2.24, 2.45) is 5.92 Å². The number of hydrogen-bond acceptors (Lipinski definition) is 2. The van der Waals surface area contributed by atoms with Crippen LogP contribution in [0.5, 0.6) is 0 Å². The van der Waals surface area contributed by atoms with Gasteiger partial charge < -0.3 is 10.6 Å². The molecular formula is C12H24N2. The molecule has 2 saturated heterocycles. The van der Waals surface area contributed by atoms with Crippen molar-refractivity contribution in [2.45, 2.75) is 51.0 Å². The van der Waals surface area contributed by atoms with E-state index in [4.69, 9.17) is 0 Å². The topological polar surface area (TPSA) is 24.1 Å². The molecule has 0 aromatic carbocycles. The molecule has 2 nitrogen and oxygen atoms in total. The minimum Gasteiger partial charge on any atom is -0.317 e.